The molecule has 4 rings (SSSR count). The summed E-state index contributed by atoms with van der Waals surface area (Å²) in [6.45, 7) is 1.90. The van der Waals surface area contributed by atoms with Gasteiger partial charge in [0, 0.05) is 17.8 Å². The Balaban J connectivity index is 1.93. The Kier molecular flexibility index (Phi) is 4.75. The lowest BCUT2D eigenvalue weighted by Gasteiger charge is -2.24. The number of carbonyl (C=O) groups is 1. The predicted octanol–water partition coefficient (Wildman–Crippen LogP) is 4.99. The van der Waals surface area contributed by atoms with Crippen LogP contribution in [-0.4, -0.2) is 26.9 Å². The topological polar surface area (TPSA) is 69.4 Å². The zero-order valence-electron chi connectivity index (χ0n) is 13.9. The Morgan fingerprint density at radius 1 is 1.26 bits per heavy atom. The highest BCUT2D eigenvalue weighted by Gasteiger charge is 2.30. The highest BCUT2D eigenvalue weighted by Crippen LogP contribution is 2.40. The number of halogens is 3. The fourth-order valence-electron chi connectivity index (χ4n) is 2.83. The molecule has 0 aliphatic carbocycles. The second kappa shape index (κ2) is 7.07. The molecule has 0 saturated heterocycles. The molecule has 1 atom stereocenters. The van der Waals surface area contributed by atoms with Crippen LogP contribution in [-0.2, 0) is 9.53 Å². The van der Waals surface area contributed by atoms with Gasteiger partial charge < -0.3 is 4.74 Å². The van der Waals surface area contributed by atoms with E-state index in [9.17, 15) is 4.79 Å². The van der Waals surface area contributed by atoms with Crippen molar-refractivity contribution in [3.63, 3.8) is 0 Å². The summed E-state index contributed by atoms with van der Waals surface area (Å²) in [4.78, 5) is 20.6. The monoisotopic (exact) mass is 464 g/mol. The van der Waals surface area contributed by atoms with Gasteiger partial charge in [-0.1, -0.05) is 29.3 Å². The van der Waals surface area contributed by atoms with E-state index in [-0.39, 0.29) is 5.90 Å². The minimum atomic E-state index is -0.874. The lowest BCUT2D eigenvalue weighted by Crippen LogP contribution is -2.21. The first-order valence-electron chi connectivity index (χ1n) is 7.86. The molecule has 0 spiro atoms. The van der Waals surface area contributed by atoms with Crippen LogP contribution in [0.1, 0.15) is 22.9 Å². The third-order valence-corrected chi connectivity index (χ3v) is 5.08. The lowest BCUT2D eigenvalue weighted by molar-refractivity contribution is -0.114. The number of rotatable bonds is 3. The van der Waals surface area contributed by atoms with Gasteiger partial charge in [-0.3, -0.25) is 4.79 Å². The van der Waals surface area contributed by atoms with Gasteiger partial charge in [0.25, 0.3) is 0 Å². The van der Waals surface area contributed by atoms with E-state index >= 15 is 0 Å². The van der Waals surface area contributed by atoms with Crippen LogP contribution in [0.5, 0.6) is 0 Å². The number of aryl methyl sites for hydroxylation is 1. The number of benzene rings is 1. The molecule has 1 aliphatic rings. The highest BCUT2D eigenvalue weighted by atomic mass is 79.9. The summed E-state index contributed by atoms with van der Waals surface area (Å²) >= 11 is 15.9. The number of ether oxygens (including phenoxy) is 1. The van der Waals surface area contributed by atoms with Gasteiger partial charge in [-0.15, -0.1) is 0 Å². The van der Waals surface area contributed by atoms with Crippen molar-refractivity contribution in [2.45, 2.75) is 13.0 Å². The highest BCUT2D eigenvalue weighted by molar-refractivity contribution is 9.10. The van der Waals surface area contributed by atoms with Crippen molar-refractivity contribution >= 4 is 57.0 Å². The molecule has 136 valence electrons. The third kappa shape index (κ3) is 3.16. The van der Waals surface area contributed by atoms with Gasteiger partial charge in [0.2, 0.25) is 5.90 Å². The normalized spacial score (nSPS) is 15.7. The van der Waals surface area contributed by atoms with E-state index in [2.05, 4.69) is 31.0 Å². The van der Waals surface area contributed by atoms with Crippen molar-refractivity contribution in [3.05, 3.63) is 68.0 Å². The number of hydrogen-bond acceptors (Lipinski definition) is 5. The van der Waals surface area contributed by atoms with Crippen molar-refractivity contribution in [1.29, 1.82) is 0 Å². The van der Waals surface area contributed by atoms with E-state index < -0.39 is 6.10 Å². The van der Waals surface area contributed by atoms with Crippen molar-refractivity contribution < 1.29 is 9.53 Å². The first kappa shape index (κ1) is 18.2. The number of aliphatic imine (C=N–C) groups is 1. The van der Waals surface area contributed by atoms with Crippen molar-refractivity contribution in [3.8, 4) is 5.82 Å². The van der Waals surface area contributed by atoms with Crippen LogP contribution in [0, 0.1) is 6.92 Å². The number of nitrogens with zero attached hydrogens (tertiary/aromatic N) is 4. The molecule has 9 heteroatoms. The number of aromatic nitrogens is 3. The Hall–Kier alpha value is -2.22. The molecular weight excluding hydrogens is 455 g/mol. The average Bonchev–Trinajstić information content (AvgIpc) is 3.05. The van der Waals surface area contributed by atoms with E-state index in [0.29, 0.717) is 43.7 Å². The van der Waals surface area contributed by atoms with Gasteiger partial charge >= 0.3 is 0 Å². The molecule has 6 nitrogen and oxygen atoms in total. The summed E-state index contributed by atoms with van der Waals surface area (Å²) in [5.74, 6) is 0.646. The second-order valence-corrected chi connectivity index (χ2v) is 7.42. The second-order valence-electron chi connectivity index (χ2n) is 5.79. The molecular formula is C18H11BrCl2N4O2. The van der Waals surface area contributed by atoms with Gasteiger partial charge in [-0.25, -0.2) is 14.7 Å². The fraction of sp³-hybridized carbons (Fsp3) is 0.111. The number of carbonyl (C=O) groups excluding carboxylic acids is 1. The largest absolute Gasteiger partial charge is 0.460 e. The van der Waals surface area contributed by atoms with Crippen LogP contribution in [0.3, 0.4) is 0 Å². The van der Waals surface area contributed by atoms with Gasteiger partial charge in [0.15, 0.2) is 18.2 Å². The summed E-state index contributed by atoms with van der Waals surface area (Å²) in [6, 6.07) is 8.72. The lowest BCUT2D eigenvalue weighted by atomic mass is 10.0. The zero-order chi connectivity index (χ0) is 19.1. The molecule has 2 aromatic heterocycles. The number of hydrogen-bond donors (Lipinski definition) is 0. The Morgan fingerprint density at radius 3 is 2.81 bits per heavy atom. The molecule has 3 heterocycles. The zero-order valence-corrected chi connectivity index (χ0v) is 17.0. The van der Waals surface area contributed by atoms with Crippen LogP contribution in [0.15, 0.2) is 46.1 Å². The van der Waals surface area contributed by atoms with Crippen LogP contribution < -0.4 is 0 Å². The Bertz CT molecular complexity index is 1100. The van der Waals surface area contributed by atoms with Gasteiger partial charge in [-0.05, 0) is 46.6 Å². The van der Waals surface area contributed by atoms with Crippen molar-refractivity contribution in [2.75, 3.05) is 0 Å². The average molecular weight is 466 g/mol. The Morgan fingerprint density at radius 2 is 2.07 bits per heavy atom. The fourth-order valence-corrected chi connectivity index (χ4v) is 3.67. The molecule has 0 bridgehead atoms. The molecule has 3 aromatic rings. The number of fused-ring (bicyclic) bond motifs is 1. The van der Waals surface area contributed by atoms with Crippen LogP contribution in [0.25, 0.3) is 5.82 Å². The van der Waals surface area contributed by atoms with E-state index in [1.54, 1.807) is 30.5 Å². The maximum atomic E-state index is 11.7. The molecule has 0 fully saturated rings. The van der Waals surface area contributed by atoms with E-state index in [1.165, 1.54) is 4.68 Å². The molecule has 27 heavy (non-hydrogen) atoms. The number of aldehydes is 1. The van der Waals surface area contributed by atoms with E-state index in [4.69, 9.17) is 27.9 Å². The van der Waals surface area contributed by atoms with Crippen molar-refractivity contribution in [1.82, 2.24) is 14.8 Å². The van der Waals surface area contributed by atoms with Gasteiger partial charge in [0.1, 0.15) is 10.3 Å². The maximum Gasteiger partial charge on any atom is 0.241 e. The SMILES string of the molecule is Cc1ccc(Cl)c2c1N=C(c1cc(Br)nn1-c1ncccc1Cl)OC2C=O. The summed E-state index contributed by atoms with van der Waals surface area (Å²) in [6.07, 6.45) is 1.43. The quantitative estimate of drug-likeness (QED) is 0.510. The van der Waals surface area contributed by atoms with Gasteiger partial charge in [-0.2, -0.15) is 5.10 Å². The minimum Gasteiger partial charge on any atom is -0.460 e. The third-order valence-electron chi connectivity index (χ3n) is 4.06. The summed E-state index contributed by atoms with van der Waals surface area (Å²) in [5.41, 5.74) is 2.54. The molecule has 0 amide bonds. The van der Waals surface area contributed by atoms with Gasteiger partial charge in [0.05, 0.1) is 15.7 Å². The maximum absolute atomic E-state index is 11.7. The van der Waals surface area contributed by atoms with Crippen LogP contribution in [0.4, 0.5) is 5.69 Å². The summed E-state index contributed by atoms with van der Waals surface area (Å²) in [7, 11) is 0. The standard InChI is InChI=1S/C18H11BrCl2N4O2/c1-9-4-5-10(20)15-13(8-26)27-18(23-16(9)15)12-7-14(19)24-25(12)17-11(21)3-2-6-22-17/h2-8,13H,1H3. The molecule has 0 radical (unpaired) electrons. The van der Waals surface area contributed by atoms with E-state index in [0.717, 1.165) is 5.56 Å². The van der Waals surface area contributed by atoms with Crippen LogP contribution >= 0.6 is 39.1 Å². The first-order valence-corrected chi connectivity index (χ1v) is 9.41. The van der Waals surface area contributed by atoms with Crippen LogP contribution in [0.2, 0.25) is 10.0 Å². The first-order chi connectivity index (χ1) is 13.0. The van der Waals surface area contributed by atoms with Crippen molar-refractivity contribution in [2.24, 2.45) is 4.99 Å². The molecule has 0 N–H and O–H groups in total. The molecule has 1 aromatic carbocycles. The van der Waals surface area contributed by atoms with E-state index in [1.807, 2.05) is 13.0 Å². The molecule has 0 saturated carbocycles. The minimum absolute atomic E-state index is 0.227. The summed E-state index contributed by atoms with van der Waals surface area (Å²) in [5, 5.41) is 5.22. The number of pyridine rings is 1. The Labute approximate surface area is 172 Å². The molecule has 1 unspecified atom stereocenters. The smallest absolute Gasteiger partial charge is 0.241 e. The molecule has 1 aliphatic heterocycles. The predicted molar refractivity (Wildman–Crippen MR) is 106 cm³/mol. The summed E-state index contributed by atoms with van der Waals surface area (Å²) < 4.78 is 7.90.